The van der Waals surface area contributed by atoms with Gasteiger partial charge < -0.3 is 44.8 Å². The smallest absolute Gasteiger partial charge is 0.169 e. The van der Waals surface area contributed by atoms with Crippen molar-refractivity contribution in [3.05, 3.63) is 45.5 Å². The summed E-state index contributed by atoms with van der Waals surface area (Å²) in [6.07, 6.45) is 1.74. The third-order valence-corrected chi connectivity index (χ3v) is 8.50. The van der Waals surface area contributed by atoms with Crippen LogP contribution in [0.1, 0.15) is 77.7 Å². The number of fused-ring (bicyclic) bond motifs is 2. The average molecular weight is 664 g/mol. The summed E-state index contributed by atoms with van der Waals surface area (Å²) in [6.45, 7) is 13.0. The van der Waals surface area contributed by atoms with Gasteiger partial charge in [-0.05, 0) is 47.6 Å². The molecule has 0 saturated heterocycles. The molecule has 0 radical (unpaired) electrons. The second kappa shape index (κ2) is 15.1. The van der Waals surface area contributed by atoms with Gasteiger partial charge in [0.15, 0.2) is 29.3 Å². The molecule has 258 valence electrons. The Morgan fingerprint density at radius 1 is 0.646 bits per heavy atom. The van der Waals surface area contributed by atoms with E-state index in [1.807, 2.05) is 27.7 Å². The van der Waals surface area contributed by atoms with E-state index in [1.165, 1.54) is 6.21 Å². The number of aromatic hydroxyl groups is 6. The van der Waals surface area contributed by atoms with Crippen LogP contribution in [0, 0.1) is 13.8 Å². The zero-order chi connectivity index (χ0) is 35.4. The van der Waals surface area contributed by atoms with Crippen LogP contribution in [-0.2, 0) is 14.2 Å². The predicted molar refractivity (Wildman–Crippen MR) is 186 cm³/mol. The first-order valence-electron chi connectivity index (χ1n) is 15.9. The number of phenolic OH excluding ortho intramolecular Hbond substituents is 6. The van der Waals surface area contributed by atoms with Gasteiger partial charge in [0.05, 0.1) is 45.1 Å². The largest absolute Gasteiger partial charge is 0.507 e. The number of nitrogens with zero attached hydrogens (tertiary/aromatic N) is 1. The molecule has 48 heavy (non-hydrogen) atoms. The number of ether oxygens (including phenoxy) is 3. The Morgan fingerprint density at radius 3 is 1.54 bits per heavy atom. The van der Waals surface area contributed by atoms with E-state index < -0.39 is 17.2 Å². The highest BCUT2D eigenvalue weighted by Crippen LogP contribution is 2.54. The molecule has 0 heterocycles. The standard InChI is InChI=1S/C37H45NO10/c1-18(2)26-22-14-20(5)28(29-21(6)15-23-27(19(3)4)37(45)33(41)25(17-39)31(23)35(29)43)34(42)30(22)24(32(40)36(26)44)16-38-8-9-47-12-13-48-11-10-46-7/h14-19,40-45H,8-13H2,1-7H3. The molecule has 0 unspecified atom stereocenters. The average Bonchev–Trinajstić information content (AvgIpc) is 3.02. The van der Waals surface area contributed by atoms with Gasteiger partial charge in [0.25, 0.3) is 0 Å². The zero-order valence-corrected chi connectivity index (χ0v) is 28.5. The molecule has 0 saturated carbocycles. The highest BCUT2D eigenvalue weighted by atomic mass is 16.5. The van der Waals surface area contributed by atoms with E-state index in [-0.39, 0.29) is 75.3 Å². The van der Waals surface area contributed by atoms with Crippen LogP contribution in [0.3, 0.4) is 0 Å². The van der Waals surface area contributed by atoms with Crippen LogP contribution >= 0.6 is 0 Å². The lowest BCUT2D eigenvalue weighted by Gasteiger charge is -2.23. The number of carbonyl (C=O) groups is 1. The summed E-state index contributed by atoms with van der Waals surface area (Å²) in [5.74, 6) is -3.04. The number of hydrogen-bond donors (Lipinski definition) is 6. The second-order valence-corrected chi connectivity index (χ2v) is 12.4. The molecule has 0 bridgehead atoms. The summed E-state index contributed by atoms with van der Waals surface area (Å²) in [5.41, 5.74) is 2.05. The number of aliphatic imine (C=N–C) groups is 1. The van der Waals surface area contributed by atoms with Crippen LogP contribution < -0.4 is 0 Å². The maximum atomic E-state index is 12.2. The molecule has 0 aromatic heterocycles. The van der Waals surface area contributed by atoms with Crippen molar-refractivity contribution in [2.24, 2.45) is 4.99 Å². The third-order valence-electron chi connectivity index (χ3n) is 8.50. The van der Waals surface area contributed by atoms with Crippen molar-refractivity contribution in [3.8, 4) is 45.6 Å². The van der Waals surface area contributed by atoms with Gasteiger partial charge in [-0.2, -0.15) is 0 Å². The minimum absolute atomic E-state index is 0.0332. The van der Waals surface area contributed by atoms with Gasteiger partial charge in [0, 0.05) is 51.9 Å². The van der Waals surface area contributed by atoms with Crippen molar-refractivity contribution in [3.63, 3.8) is 0 Å². The summed E-state index contributed by atoms with van der Waals surface area (Å²) in [7, 11) is 1.59. The zero-order valence-electron chi connectivity index (χ0n) is 28.5. The quantitative estimate of drug-likeness (QED) is 0.0369. The number of aldehydes is 1. The van der Waals surface area contributed by atoms with Gasteiger partial charge in [-0.1, -0.05) is 39.8 Å². The van der Waals surface area contributed by atoms with Crippen molar-refractivity contribution in [2.75, 3.05) is 46.7 Å². The first-order valence-corrected chi connectivity index (χ1v) is 15.9. The Kier molecular flexibility index (Phi) is 11.4. The number of benzene rings is 4. The number of methoxy groups -OCH3 is 1. The third kappa shape index (κ3) is 6.58. The fourth-order valence-electron chi connectivity index (χ4n) is 6.35. The van der Waals surface area contributed by atoms with Gasteiger partial charge in [-0.15, -0.1) is 0 Å². The lowest BCUT2D eigenvalue weighted by Crippen LogP contribution is -2.09. The Morgan fingerprint density at radius 2 is 1.08 bits per heavy atom. The number of hydrogen-bond acceptors (Lipinski definition) is 11. The van der Waals surface area contributed by atoms with Crippen molar-refractivity contribution in [1.29, 1.82) is 0 Å². The van der Waals surface area contributed by atoms with Crippen molar-refractivity contribution in [1.82, 2.24) is 0 Å². The molecular weight excluding hydrogens is 618 g/mol. The normalized spacial score (nSPS) is 12.0. The van der Waals surface area contributed by atoms with Crippen LogP contribution in [-0.4, -0.2) is 89.8 Å². The molecular formula is C37H45NO10. The van der Waals surface area contributed by atoms with Crippen LogP contribution in [0.25, 0.3) is 32.7 Å². The van der Waals surface area contributed by atoms with Crippen LogP contribution in [0.2, 0.25) is 0 Å². The molecule has 0 fully saturated rings. The molecule has 11 heteroatoms. The van der Waals surface area contributed by atoms with Gasteiger partial charge >= 0.3 is 0 Å². The summed E-state index contributed by atoms with van der Waals surface area (Å²) in [4.78, 5) is 16.6. The Balaban J connectivity index is 1.93. The molecule has 6 N–H and O–H groups in total. The number of rotatable bonds is 14. The van der Waals surface area contributed by atoms with Crippen molar-refractivity contribution < 1.29 is 49.6 Å². The highest BCUT2D eigenvalue weighted by Gasteiger charge is 2.29. The summed E-state index contributed by atoms with van der Waals surface area (Å²) in [6, 6.07) is 3.47. The van der Waals surface area contributed by atoms with Crippen LogP contribution in [0.15, 0.2) is 17.1 Å². The number of carbonyl (C=O) groups excluding carboxylic acids is 1. The highest BCUT2D eigenvalue weighted by molar-refractivity contribution is 6.14. The minimum Gasteiger partial charge on any atom is -0.507 e. The van der Waals surface area contributed by atoms with Gasteiger partial charge in [0.1, 0.15) is 11.5 Å². The maximum absolute atomic E-state index is 12.2. The van der Waals surface area contributed by atoms with E-state index in [2.05, 4.69) is 4.99 Å². The van der Waals surface area contributed by atoms with E-state index >= 15 is 0 Å². The van der Waals surface area contributed by atoms with E-state index in [4.69, 9.17) is 14.2 Å². The molecule has 4 aromatic rings. The molecule has 0 aliphatic carbocycles. The monoisotopic (exact) mass is 663 g/mol. The second-order valence-electron chi connectivity index (χ2n) is 12.4. The minimum atomic E-state index is -0.645. The molecule has 4 aromatic carbocycles. The first kappa shape index (κ1) is 36.3. The van der Waals surface area contributed by atoms with E-state index in [1.54, 1.807) is 33.1 Å². The molecule has 0 aliphatic heterocycles. The van der Waals surface area contributed by atoms with Crippen LogP contribution in [0.4, 0.5) is 0 Å². The SMILES string of the molecule is COCCOCCOCCN=Cc1c(O)c(O)c(C(C)C)c2cc(C)c(-c3c(C)cc4c(C(C)C)c(O)c(O)c(C=O)c4c3O)c(O)c12. The maximum Gasteiger partial charge on any atom is 0.169 e. The summed E-state index contributed by atoms with van der Waals surface area (Å²) < 4.78 is 15.9. The fourth-order valence-corrected chi connectivity index (χ4v) is 6.35. The molecule has 0 aliphatic rings. The van der Waals surface area contributed by atoms with Gasteiger partial charge in [-0.3, -0.25) is 9.79 Å². The lowest BCUT2D eigenvalue weighted by molar-refractivity contribution is 0.0268. The topological polar surface area (TPSA) is 178 Å². The first-order chi connectivity index (χ1) is 22.8. The summed E-state index contributed by atoms with van der Waals surface area (Å²) >= 11 is 0. The van der Waals surface area contributed by atoms with Gasteiger partial charge in [-0.25, -0.2) is 0 Å². The van der Waals surface area contributed by atoms with Crippen molar-refractivity contribution >= 4 is 34.0 Å². The number of aryl methyl sites for hydroxylation is 2. The Bertz CT molecular complexity index is 1880. The van der Waals surface area contributed by atoms with Crippen LogP contribution in [0.5, 0.6) is 34.5 Å². The molecule has 0 spiro atoms. The molecule has 0 amide bonds. The van der Waals surface area contributed by atoms with E-state index in [0.29, 0.717) is 65.7 Å². The molecule has 4 rings (SSSR count). The van der Waals surface area contributed by atoms with Gasteiger partial charge in [0.2, 0.25) is 0 Å². The Hall–Kier alpha value is -4.58. The lowest BCUT2D eigenvalue weighted by atomic mass is 9.83. The number of phenols is 6. The summed E-state index contributed by atoms with van der Waals surface area (Å²) in [5, 5.41) is 68.9. The molecule has 0 atom stereocenters. The molecule has 11 nitrogen and oxygen atoms in total. The van der Waals surface area contributed by atoms with Crippen molar-refractivity contribution in [2.45, 2.75) is 53.4 Å². The van der Waals surface area contributed by atoms with E-state index in [9.17, 15) is 35.4 Å². The Labute approximate surface area is 279 Å². The fraction of sp³-hybridized carbons (Fsp3) is 0.405. The predicted octanol–water partition coefficient (Wildman–Crippen LogP) is 6.67. The van der Waals surface area contributed by atoms with E-state index in [0.717, 1.165) is 0 Å².